The molecule has 0 unspecified atom stereocenters. The van der Waals surface area contributed by atoms with E-state index in [1.807, 2.05) is 27.7 Å². The molecule has 0 bridgehead atoms. The number of nitrogens with one attached hydrogen (secondary N) is 1. The molecule has 1 N–H and O–H groups in total. The first-order chi connectivity index (χ1) is 7.81. The Balaban J connectivity index is 2.02. The van der Waals surface area contributed by atoms with Crippen LogP contribution in [0.2, 0.25) is 0 Å². The van der Waals surface area contributed by atoms with Crippen molar-refractivity contribution in [2.24, 2.45) is 0 Å². The maximum atomic E-state index is 11.7. The summed E-state index contributed by atoms with van der Waals surface area (Å²) in [7, 11) is 0. The number of amides is 1. The molecule has 1 aromatic rings. The summed E-state index contributed by atoms with van der Waals surface area (Å²) in [5.41, 5.74) is -0.941. The van der Waals surface area contributed by atoms with Gasteiger partial charge in [-0.05, 0) is 40.5 Å². The molecule has 1 aliphatic carbocycles. The third kappa shape index (κ3) is 2.78. The van der Waals surface area contributed by atoms with E-state index in [1.54, 1.807) is 6.20 Å². The summed E-state index contributed by atoms with van der Waals surface area (Å²) in [6.45, 7) is 7.34. The van der Waals surface area contributed by atoms with Gasteiger partial charge < -0.3 is 14.5 Å². The maximum absolute atomic E-state index is 11.7. The van der Waals surface area contributed by atoms with E-state index in [2.05, 4.69) is 10.3 Å². The molecule has 94 valence electrons. The molecule has 0 spiro atoms. The van der Waals surface area contributed by atoms with Gasteiger partial charge in [0.05, 0.1) is 6.20 Å². The number of oxazole rings is 1. The Bertz CT molecular complexity index is 427. The highest BCUT2D eigenvalue weighted by atomic mass is 16.6. The summed E-state index contributed by atoms with van der Waals surface area (Å²) in [5.74, 6) is 1.32. The number of aromatic nitrogens is 1. The van der Waals surface area contributed by atoms with Gasteiger partial charge in [-0.3, -0.25) is 0 Å². The van der Waals surface area contributed by atoms with Gasteiger partial charge in [0, 0.05) is 0 Å². The van der Waals surface area contributed by atoms with Crippen LogP contribution < -0.4 is 5.32 Å². The molecule has 1 heterocycles. The minimum atomic E-state index is -0.493. The summed E-state index contributed by atoms with van der Waals surface area (Å²) in [6, 6.07) is 0. The average molecular weight is 238 g/mol. The van der Waals surface area contributed by atoms with Crippen LogP contribution in [0.5, 0.6) is 0 Å². The first-order valence-corrected chi connectivity index (χ1v) is 5.75. The SMILES string of the molecule is Cc1cnc(C2(NC(=O)OC(C)(C)C)CC2)o1. The molecule has 5 nitrogen and oxygen atoms in total. The lowest BCUT2D eigenvalue weighted by atomic mass is 10.2. The Morgan fingerprint density at radius 1 is 1.53 bits per heavy atom. The second-order valence-electron chi connectivity index (χ2n) is 5.49. The summed E-state index contributed by atoms with van der Waals surface area (Å²) in [4.78, 5) is 15.9. The molecule has 1 aromatic heterocycles. The van der Waals surface area contributed by atoms with Crippen LogP contribution in [0.15, 0.2) is 10.6 Å². The van der Waals surface area contributed by atoms with E-state index in [4.69, 9.17) is 9.15 Å². The van der Waals surface area contributed by atoms with Crippen molar-refractivity contribution < 1.29 is 13.9 Å². The van der Waals surface area contributed by atoms with Gasteiger partial charge in [0.2, 0.25) is 5.89 Å². The van der Waals surface area contributed by atoms with Crippen molar-refractivity contribution in [1.82, 2.24) is 10.3 Å². The monoisotopic (exact) mass is 238 g/mol. The lowest BCUT2D eigenvalue weighted by Gasteiger charge is -2.22. The number of hydrogen-bond donors (Lipinski definition) is 1. The van der Waals surface area contributed by atoms with E-state index in [9.17, 15) is 4.79 Å². The molecule has 0 saturated heterocycles. The van der Waals surface area contributed by atoms with Crippen LogP contribution in [0, 0.1) is 6.92 Å². The van der Waals surface area contributed by atoms with Gasteiger partial charge in [-0.2, -0.15) is 0 Å². The van der Waals surface area contributed by atoms with Crippen molar-refractivity contribution in [1.29, 1.82) is 0 Å². The molecule has 0 aromatic carbocycles. The van der Waals surface area contributed by atoms with E-state index < -0.39 is 17.2 Å². The molecule has 5 heteroatoms. The second-order valence-corrected chi connectivity index (χ2v) is 5.49. The highest BCUT2D eigenvalue weighted by Gasteiger charge is 2.50. The molecule has 1 amide bonds. The van der Waals surface area contributed by atoms with Gasteiger partial charge in [-0.1, -0.05) is 0 Å². The highest BCUT2D eigenvalue weighted by Crippen LogP contribution is 2.45. The number of rotatable bonds is 2. The topological polar surface area (TPSA) is 64.4 Å². The van der Waals surface area contributed by atoms with Gasteiger partial charge in [0.15, 0.2) is 0 Å². The van der Waals surface area contributed by atoms with Crippen LogP contribution in [0.3, 0.4) is 0 Å². The Hall–Kier alpha value is -1.52. The quantitative estimate of drug-likeness (QED) is 0.859. The molecule has 1 fully saturated rings. The number of ether oxygens (including phenoxy) is 1. The molecule has 1 saturated carbocycles. The van der Waals surface area contributed by atoms with Crippen LogP contribution in [-0.2, 0) is 10.3 Å². The van der Waals surface area contributed by atoms with Crippen molar-refractivity contribution in [3.8, 4) is 0 Å². The highest BCUT2D eigenvalue weighted by molar-refractivity contribution is 5.69. The average Bonchev–Trinajstić information content (AvgIpc) is 2.77. The third-order valence-corrected chi connectivity index (χ3v) is 2.52. The summed E-state index contributed by atoms with van der Waals surface area (Å²) >= 11 is 0. The minimum absolute atomic E-state index is 0.425. The third-order valence-electron chi connectivity index (χ3n) is 2.52. The zero-order valence-electron chi connectivity index (χ0n) is 10.7. The fourth-order valence-corrected chi connectivity index (χ4v) is 1.59. The van der Waals surface area contributed by atoms with Gasteiger partial charge in [0.25, 0.3) is 0 Å². The van der Waals surface area contributed by atoms with Gasteiger partial charge in [-0.25, -0.2) is 9.78 Å². The predicted octanol–water partition coefficient (Wildman–Crippen LogP) is 2.50. The number of aryl methyl sites for hydroxylation is 1. The molecule has 0 aliphatic heterocycles. The number of alkyl carbamates (subject to hydrolysis) is 1. The molecule has 17 heavy (non-hydrogen) atoms. The largest absolute Gasteiger partial charge is 0.444 e. The van der Waals surface area contributed by atoms with Crippen LogP contribution in [0.4, 0.5) is 4.79 Å². The molecule has 2 rings (SSSR count). The number of nitrogens with zero attached hydrogens (tertiary/aromatic N) is 1. The molecular formula is C12H18N2O3. The standard InChI is InChI=1S/C12H18N2O3/c1-8-7-13-9(16-8)12(5-6-12)14-10(15)17-11(2,3)4/h7H,5-6H2,1-4H3,(H,14,15). The van der Waals surface area contributed by atoms with E-state index in [0.29, 0.717) is 5.89 Å². The van der Waals surface area contributed by atoms with Crippen LogP contribution >= 0.6 is 0 Å². The molecule has 0 atom stereocenters. The van der Waals surface area contributed by atoms with Gasteiger partial charge >= 0.3 is 6.09 Å². The van der Waals surface area contributed by atoms with Crippen molar-refractivity contribution in [2.45, 2.75) is 51.7 Å². The smallest absolute Gasteiger partial charge is 0.408 e. The normalized spacial score (nSPS) is 17.6. The first kappa shape index (κ1) is 12.0. The van der Waals surface area contributed by atoms with E-state index in [0.717, 1.165) is 18.6 Å². The summed E-state index contributed by atoms with van der Waals surface area (Å²) < 4.78 is 10.7. The number of carbonyl (C=O) groups excluding carboxylic acids is 1. The van der Waals surface area contributed by atoms with Gasteiger partial charge in [-0.15, -0.1) is 0 Å². The number of carbonyl (C=O) groups is 1. The minimum Gasteiger partial charge on any atom is -0.444 e. The Kier molecular flexibility index (Phi) is 2.64. The maximum Gasteiger partial charge on any atom is 0.408 e. The van der Waals surface area contributed by atoms with E-state index in [-0.39, 0.29) is 0 Å². The van der Waals surface area contributed by atoms with Gasteiger partial charge in [0.1, 0.15) is 16.9 Å². The summed E-state index contributed by atoms with van der Waals surface area (Å²) in [5, 5.41) is 2.84. The lowest BCUT2D eigenvalue weighted by molar-refractivity contribution is 0.0485. The van der Waals surface area contributed by atoms with Crippen molar-refractivity contribution in [3.05, 3.63) is 17.8 Å². The molecular weight excluding hydrogens is 220 g/mol. The van der Waals surface area contributed by atoms with E-state index in [1.165, 1.54) is 0 Å². The second kappa shape index (κ2) is 3.75. The fraction of sp³-hybridized carbons (Fsp3) is 0.667. The van der Waals surface area contributed by atoms with Crippen LogP contribution in [0.1, 0.15) is 45.3 Å². The Morgan fingerprint density at radius 2 is 2.18 bits per heavy atom. The van der Waals surface area contributed by atoms with Crippen molar-refractivity contribution >= 4 is 6.09 Å². The first-order valence-electron chi connectivity index (χ1n) is 5.75. The van der Waals surface area contributed by atoms with Crippen LogP contribution in [-0.4, -0.2) is 16.7 Å². The predicted molar refractivity (Wildman–Crippen MR) is 61.5 cm³/mol. The number of hydrogen-bond acceptors (Lipinski definition) is 4. The summed E-state index contributed by atoms with van der Waals surface area (Å²) in [6.07, 6.45) is 2.91. The van der Waals surface area contributed by atoms with Crippen LogP contribution in [0.25, 0.3) is 0 Å². The molecule has 1 aliphatic rings. The Labute approximate surface area is 101 Å². The van der Waals surface area contributed by atoms with Crippen molar-refractivity contribution in [3.63, 3.8) is 0 Å². The lowest BCUT2D eigenvalue weighted by Crippen LogP contribution is -2.39. The zero-order chi connectivity index (χ0) is 12.7. The van der Waals surface area contributed by atoms with E-state index >= 15 is 0 Å². The van der Waals surface area contributed by atoms with Crippen molar-refractivity contribution in [2.75, 3.05) is 0 Å². The zero-order valence-corrected chi connectivity index (χ0v) is 10.7. The molecule has 0 radical (unpaired) electrons. The fourth-order valence-electron chi connectivity index (χ4n) is 1.59. The Morgan fingerprint density at radius 3 is 2.59 bits per heavy atom.